The Morgan fingerprint density at radius 1 is 1.22 bits per heavy atom. The van der Waals surface area contributed by atoms with Crippen LogP contribution in [0.25, 0.3) is 0 Å². The number of rotatable bonds is 5. The summed E-state index contributed by atoms with van der Waals surface area (Å²) < 4.78 is 0. The number of carbonyl (C=O) groups is 2. The SMILES string of the molecule is CSCCc1ccc(NC(=O)N2CCC(NC(C)=O)CC2)cc1. The van der Waals surface area contributed by atoms with Gasteiger partial charge in [-0.2, -0.15) is 11.8 Å². The number of nitrogens with one attached hydrogen (secondary N) is 2. The van der Waals surface area contributed by atoms with Crippen LogP contribution >= 0.6 is 11.8 Å². The Morgan fingerprint density at radius 3 is 2.43 bits per heavy atom. The van der Waals surface area contributed by atoms with Gasteiger partial charge in [0.15, 0.2) is 0 Å². The minimum absolute atomic E-state index is 0.00513. The van der Waals surface area contributed by atoms with E-state index < -0.39 is 0 Å². The molecule has 1 saturated heterocycles. The Labute approximate surface area is 142 Å². The molecule has 5 nitrogen and oxygen atoms in total. The van der Waals surface area contributed by atoms with E-state index in [9.17, 15) is 9.59 Å². The number of aryl methyl sites for hydroxylation is 1. The van der Waals surface area contributed by atoms with Crippen molar-refractivity contribution in [2.75, 3.05) is 30.4 Å². The lowest BCUT2D eigenvalue weighted by molar-refractivity contribution is -0.119. The van der Waals surface area contributed by atoms with E-state index >= 15 is 0 Å². The first-order valence-corrected chi connectivity index (χ1v) is 9.39. The number of urea groups is 1. The van der Waals surface area contributed by atoms with Crippen LogP contribution in [0.4, 0.5) is 10.5 Å². The van der Waals surface area contributed by atoms with Gasteiger partial charge in [0.2, 0.25) is 5.91 Å². The molecular formula is C17H25N3O2S. The zero-order valence-electron chi connectivity index (χ0n) is 13.8. The molecular weight excluding hydrogens is 310 g/mol. The van der Waals surface area contributed by atoms with Crippen LogP contribution in [0, 0.1) is 0 Å². The smallest absolute Gasteiger partial charge is 0.321 e. The van der Waals surface area contributed by atoms with Gasteiger partial charge in [-0.15, -0.1) is 0 Å². The average Bonchev–Trinajstić information content (AvgIpc) is 2.54. The molecule has 23 heavy (non-hydrogen) atoms. The number of likely N-dealkylation sites (tertiary alicyclic amines) is 1. The van der Waals surface area contributed by atoms with Gasteiger partial charge in [0.05, 0.1) is 0 Å². The van der Waals surface area contributed by atoms with Crippen molar-refractivity contribution in [3.63, 3.8) is 0 Å². The highest BCUT2D eigenvalue weighted by Gasteiger charge is 2.23. The first kappa shape index (κ1) is 17.7. The monoisotopic (exact) mass is 335 g/mol. The molecule has 1 aromatic rings. The second-order valence-corrected chi connectivity index (χ2v) is 6.82. The number of anilines is 1. The molecule has 1 aromatic carbocycles. The van der Waals surface area contributed by atoms with Gasteiger partial charge in [-0.05, 0) is 49.0 Å². The Bertz CT molecular complexity index is 525. The molecule has 0 saturated carbocycles. The van der Waals surface area contributed by atoms with Gasteiger partial charge in [-0.1, -0.05) is 12.1 Å². The predicted octanol–water partition coefficient (Wildman–Crippen LogP) is 2.72. The minimum atomic E-state index is -0.0665. The zero-order valence-corrected chi connectivity index (χ0v) is 14.6. The van der Waals surface area contributed by atoms with E-state index in [-0.39, 0.29) is 18.0 Å². The lowest BCUT2D eigenvalue weighted by atomic mass is 10.1. The topological polar surface area (TPSA) is 61.4 Å². The molecule has 3 amide bonds. The van der Waals surface area contributed by atoms with Gasteiger partial charge < -0.3 is 15.5 Å². The Hall–Kier alpha value is -1.69. The molecule has 0 aliphatic carbocycles. The third-order valence-electron chi connectivity index (χ3n) is 3.99. The van der Waals surface area contributed by atoms with E-state index in [4.69, 9.17) is 0 Å². The number of amides is 3. The molecule has 1 aliphatic heterocycles. The van der Waals surface area contributed by atoms with E-state index in [0.29, 0.717) is 13.1 Å². The largest absolute Gasteiger partial charge is 0.353 e. The quantitative estimate of drug-likeness (QED) is 0.870. The lowest BCUT2D eigenvalue weighted by Gasteiger charge is -2.32. The third kappa shape index (κ3) is 5.78. The van der Waals surface area contributed by atoms with Crippen LogP contribution in [0.15, 0.2) is 24.3 Å². The van der Waals surface area contributed by atoms with Crippen LogP contribution in [0.5, 0.6) is 0 Å². The summed E-state index contributed by atoms with van der Waals surface area (Å²) in [5.41, 5.74) is 2.11. The highest BCUT2D eigenvalue weighted by atomic mass is 32.2. The predicted molar refractivity (Wildman–Crippen MR) is 96.0 cm³/mol. The van der Waals surface area contributed by atoms with Crippen molar-refractivity contribution in [3.8, 4) is 0 Å². The number of thioether (sulfide) groups is 1. The average molecular weight is 335 g/mol. The first-order valence-electron chi connectivity index (χ1n) is 7.99. The summed E-state index contributed by atoms with van der Waals surface area (Å²) in [6.07, 6.45) is 4.76. The van der Waals surface area contributed by atoms with E-state index in [0.717, 1.165) is 30.7 Å². The summed E-state index contributed by atoms with van der Waals surface area (Å²) in [5.74, 6) is 1.10. The van der Waals surface area contributed by atoms with Crippen LogP contribution in [-0.4, -0.2) is 48.0 Å². The van der Waals surface area contributed by atoms with Crippen molar-refractivity contribution in [1.82, 2.24) is 10.2 Å². The summed E-state index contributed by atoms with van der Waals surface area (Å²) in [6.45, 7) is 2.87. The molecule has 0 spiro atoms. The van der Waals surface area contributed by atoms with Crippen LogP contribution < -0.4 is 10.6 Å². The summed E-state index contributed by atoms with van der Waals surface area (Å²) >= 11 is 1.83. The van der Waals surface area contributed by atoms with Gasteiger partial charge in [0.25, 0.3) is 0 Å². The number of hydrogen-bond donors (Lipinski definition) is 2. The van der Waals surface area contributed by atoms with Crippen LogP contribution in [0.1, 0.15) is 25.3 Å². The number of piperidine rings is 1. The fourth-order valence-electron chi connectivity index (χ4n) is 2.69. The fourth-order valence-corrected chi connectivity index (χ4v) is 3.13. The maximum absolute atomic E-state index is 12.3. The van der Waals surface area contributed by atoms with E-state index in [2.05, 4.69) is 29.0 Å². The maximum atomic E-state index is 12.3. The number of hydrogen-bond acceptors (Lipinski definition) is 3. The zero-order chi connectivity index (χ0) is 16.7. The molecule has 1 aliphatic rings. The van der Waals surface area contributed by atoms with Crippen molar-refractivity contribution in [2.45, 2.75) is 32.2 Å². The summed E-state index contributed by atoms with van der Waals surface area (Å²) in [7, 11) is 0. The van der Waals surface area contributed by atoms with E-state index in [1.54, 1.807) is 4.90 Å². The molecule has 2 rings (SSSR count). The molecule has 1 fully saturated rings. The molecule has 0 bridgehead atoms. The van der Waals surface area contributed by atoms with Crippen molar-refractivity contribution < 1.29 is 9.59 Å². The Balaban J connectivity index is 1.79. The van der Waals surface area contributed by atoms with Gasteiger partial charge in [0.1, 0.15) is 0 Å². The van der Waals surface area contributed by atoms with Gasteiger partial charge >= 0.3 is 6.03 Å². The summed E-state index contributed by atoms with van der Waals surface area (Å²) in [4.78, 5) is 25.1. The van der Waals surface area contributed by atoms with Gasteiger partial charge in [-0.3, -0.25) is 4.79 Å². The molecule has 0 unspecified atom stereocenters. The molecule has 126 valence electrons. The number of benzene rings is 1. The van der Waals surface area contributed by atoms with E-state index in [1.807, 2.05) is 23.9 Å². The van der Waals surface area contributed by atoms with Crippen molar-refractivity contribution in [1.29, 1.82) is 0 Å². The molecule has 2 N–H and O–H groups in total. The summed E-state index contributed by atoms with van der Waals surface area (Å²) in [6, 6.07) is 8.16. The molecule has 0 aromatic heterocycles. The molecule has 1 heterocycles. The molecule has 0 radical (unpaired) electrons. The van der Waals surface area contributed by atoms with Crippen molar-refractivity contribution >= 4 is 29.4 Å². The highest BCUT2D eigenvalue weighted by molar-refractivity contribution is 7.98. The normalized spacial score (nSPS) is 15.3. The minimum Gasteiger partial charge on any atom is -0.353 e. The van der Waals surface area contributed by atoms with Gasteiger partial charge in [-0.25, -0.2) is 4.79 Å². The van der Waals surface area contributed by atoms with Crippen LogP contribution in [-0.2, 0) is 11.2 Å². The fraction of sp³-hybridized carbons (Fsp3) is 0.529. The second-order valence-electron chi connectivity index (χ2n) is 5.83. The summed E-state index contributed by atoms with van der Waals surface area (Å²) in [5, 5.41) is 5.86. The van der Waals surface area contributed by atoms with Crippen LogP contribution in [0.2, 0.25) is 0 Å². The van der Waals surface area contributed by atoms with Crippen LogP contribution in [0.3, 0.4) is 0 Å². The highest BCUT2D eigenvalue weighted by Crippen LogP contribution is 2.15. The Morgan fingerprint density at radius 2 is 1.87 bits per heavy atom. The number of nitrogens with zero attached hydrogens (tertiary/aromatic N) is 1. The standard InChI is InChI=1S/C17H25N3O2S/c1-13(21)18-16-7-10-20(11-8-16)17(22)19-15-5-3-14(4-6-15)9-12-23-2/h3-6,16H,7-12H2,1-2H3,(H,18,21)(H,19,22). The van der Waals surface area contributed by atoms with E-state index in [1.165, 1.54) is 12.5 Å². The molecule has 6 heteroatoms. The molecule has 0 atom stereocenters. The lowest BCUT2D eigenvalue weighted by Crippen LogP contribution is -2.47. The number of carbonyl (C=O) groups excluding carboxylic acids is 2. The Kier molecular flexibility index (Phi) is 6.77. The second kappa shape index (κ2) is 8.82. The van der Waals surface area contributed by atoms with Crippen molar-refractivity contribution in [3.05, 3.63) is 29.8 Å². The van der Waals surface area contributed by atoms with Crippen molar-refractivity contribution in [2.24, 2.45) is 0 Å². The first-order chi connectivity index (χ1) is 11.1. The maximum Gasteiger partial charge on any atom is 0.321 e. The van der Waals surface area contributed by atoms with Gasteiger partial charge in [0, 0.05) is 31.7 Å². The third-order valence-corrected chi connectivity index (χ3v) is 4.60.